The van der Waals surface area contributed by atoms with Gasteiger partial charge in [-0.3, -0.25) is 4.79 Å². The zero-order chi connectivity index (χ0) is 13.0. The fourth-order valence-corrected chi connectivity index (χ4v) is 1.95. The molecule has 1 amide bonds. The summed E-state index contributed by atoms with van der Waals surface area (Å²) in [5.41, 5.74) is 6.64. The molecule has 0 spiro atoms. The van der Waals surface area contributed by atoms with Gasteiger partial charge in [-0.2, -0.15) is 4.73 Å². The van der Waals surface area contributed by atoms with E-state index in [9.17, 15) is 4.79 Å². The first kappa shape index (κ1) is 12.5. The van der Waals surface area contributed by atoms with Gasteiger partial charge in [0.05, 0.1) is 5.52 Å². The molecule has 0 saturated heterocycles. The highest BCUT2D eigenvalue weighted by Gasteiger charge is 2.13. The lowest BCUT2D eigenvalue weighted by molar-refractivity contribution is 0.0875. The Morgan fingerprint density at radius 3 is 2.83 bits per heavy atom. The van der Waals surface area contributed by atoms with E-state index in [1.807, 2.05) is 24.3 Å². The van der Waals surface area contributed by atoms with Crippen molar-refractivity contribution in [1.29, 1.82) is 0 Å². The lowest BCUT2D eigenvalue weighted by atomic mass is 10.2. The van der Waals surface area contributed by atoms with E-state index in [0.717, 1.165) is 30.2 Å². The summed E-state index contributed by atoms with van der Waals surface area (Å²) < 4.78 is 1.55. The fraction of sp³-hybridized carbons (Fsp3) is 0.357. The molecular formula is C14H18N2O2. The number of fused-ring (bicyclic) bond motifs is 1. The van der Waals surface area contributed by atoms with Gasteiger partial charge < -0.3 is 10.6 Å². The number of para-hydroxylation sites is 1. The monoisotopic (exact) mass is 246 g/mol. The van der Waals surface area contributed by atoms with Gasteiger partial charge >= 0.3 is 0 Å². The van der Waals surface area contributed by atoms with Crippen LogP contribution >= 0.6 is 0 Å². The molecule has 0 unspecified atom stereocenters. The molecule has 0 radical (unpaired) electrons. The van der Waals surface area contributed by atoms with Gasteiger partial charge in [0.15, 0.2) is 0 Å². The SMILES string of the molecule is CCCCCOn1c(C(N)=O)cc2ccccc21. The molecule has 4 heteroatoms. The highest BCUT2D eigenvalue weighted by Crippen LogP contribution is 2.18. The van der Waals surface area contributed by atoms with E-state index in [4.69, 9.17) is 10.6 Å². The lowest BCUT2D eigenvalue weighted by Gasteiger charge is -2.10. The minimum Gasteiger partial charge on any atom is -0.413 e. The van der Waals surface area contributed by atoms with Crippen LogP contribution in [-0.2, 0) is 0 Å². The minimum absolute atomic E-state index is 0.396. The molecule has 0 aliphatic carbocycles. The van der Waals surface area contributed by atoms with Crippen LogP contribution in [0.15, 0.2) is 30.3 Å². The first-order chi connectivity index (χ1) is 8.74. The zero-order valence-corrected chi connectivity index (χ0v) is 10.6. The van der Waals surface area contributed by atoms with E-state index in [2.05, 4.69) is 6.92 Å². The van der Waals surface area contributed by atoms with Crippen molar-refractivity contribution in [3.05, 3.63) is 36.0 Å². The number of aromatic nitrogens is 1. The number of hydrogen-bond acceptors (Lipinski definition) is 2. The summed E-state index contributed by atoms with van der Waals surface area (Å²) in [6.45, 7) is 2.73. The van der Waals surface area contributed by atoms with E-state index < -0.39 is 5.91 Å². The van der Waals surface area contributed by atoms with Crippen LogP contribution in [-0.4, -0.2) is 17.2 Å². The number of nitrogens with two attached hydrogens (primary N) is 1. The number of unbranched alkanes of at least 4 members (excludes halogenated alkanes) is 2. The third-order valence-electron chi connectivity index (χ3n) is 2.89. The molecule has 0 saturated carbocycles. The van der Waals surface area contributed by atoms with Gasteiger partial charge in [0, 0.05) is 5.39 Å². The third kappa shape index (κ3) is 2.47. The molecule has 4 nitrogen and oxygen atoms in total. The van der Waals surface area contributed by atoms with Crippen molar-refractivity contribution in [3.63, 3.8) is 0 Å². The summed E-state index contributed by atoms with van der Waals surface area (Å²) in [5.74, 6) is -0.471. The van der Waals surface area contributed by atoms with E-state index in [1.54, 1.807) is 10.8 Å². The van der Waals surface area contributed by atoms with Crippen molar-refractivity contribution in [2.45, 2.75) is 26.2 Å². The molecule has 0 fully saturated rings. The Morgan fingerprint density at radius 1 is 1.33 bits per heavy atom. The molecule has 0 atom stereocenters. The standard InChI is InChI=1S/C14H18N2O2/c1-2-3-6-9-18-16-12-8-5-4-7-11(12)10-13(16)14(15)17/h4-5,7-8,10H,2-3,6,9H2,1H3,(H2,15,17). The van der Waals surface area contributed by atoms with Crippen molar-refractivity contribution in [2.75, 3.05) is 6.61 Å². The Balaban J connectivity index is 2.27. The molecule has 0 aliphatic rings. The Bertz CT molecular complexity index is 546. The van der Waals surface area contributed by atoms with E-state index in [0.29, 0.717) is 12.3 Å². The first-order valence-electron chi connectivity index (χ1n) is 6.27. The van der Waals surface area contributed by atoms with Crippen LogP contribution in [0.1, 0.15) is 36.7 Å². The van der Waals surface area contributed by atoms with Crippen molar-refractivity contribution in [2.24, 2.45) is 5.73 Å². The van der Waals surface area contributed by atoms with Gasteiger partial charge in [-0.15, -0.1) is 0 Å². The maximum Gasteiger partial charge on any atom is 0.268 e. The smallest absolute Gasteiger partial charge is 0.268 e. The average molecular weight is 246 g/mol. The molecule has 2 N–H and O–H groups in total. The predicted molar refractivity (Wildman–Crippen MR) is 71.4 cm³/mol. The lowest BCUT2D eigenvalue weighted by Crippen LogP contribution is -2.22. The second-order valence-electron chi connectivity index (χ2n) is 4.29. The summed E-state index contributed by atoms with van der Waals surface area (Å²) in [5, 5.41) is 0.960. The number of benzene rings is 1. The molecule has 1 aromatic heterocycles. The average Bonchev–Trinajstić information content (AvgIpc) is 2.74. The van der Waals surface area contributed by atoms with E-state index in [1.165, 1.54) is 0 Å². The summed E-state index contributed by atoms with van der Waals surface area (Å²) in [6, 6.07) is 9.46. The number of primary amides is 1. The van der Waals surface area contributed by atoms with Crippen LogP contribution in [0.3, 0.4) is 0 Å². The fourth-order valence-electron chi connectivity index (χ4n) is 1.95. The van der Waals surface area contributed by atoms with Gasteiger partial charge in [-0.25, -0.2) is 0 Å². The molecule has 18 heavy (non-hydrogen) atoms. The largest absolute Gasteiger partial charge is 0.413 e. The Morgan fingerprint density at radius 2 is 2.11 bits per heavy atom. The molecule has 2 rings (SSSR count). The van der Waals surface area contributed by atoms with Gasteiger partial charge in [0.2, 0.25) is 0 Å². The van der Waals surface area contributed by atoms with Gasteiger partial charge in [-0.05, 0) is 18.6 Å². The first-order valence-corrected chi connectivity index (χ1v) is 6.27. The number of nitrogens with zero attached hydrogens (tertiary/aromatic N) is 1. The molecule has 1 aromatic carbocycles. The number of carbonyl (C=O) groups excluding carboxylic acids is 1. The maximum absolute atomic E-state index is 11.4. The van der Waals surface area contributed by atoms with Crippen molar-refractivity contribution in [1.82, 2.24) is 4.73 Å². The molecule has 0 aliphatic heterocycles. The van der Waals surface area contributed by atoms with Crippen LogP contribution < -0.4 is 10.6 Å². The topological polar surface area (TPSA) is 57.2 Å². The molecule has 2 aromatic rings. The van der Waals surface area contributed by atoms with Gasteiger partial charge in [0.25, 0.3) is 5.91 Å². The second-order valence-corrected chi connectivity index (χ2v) is 4.29. The van der Waals surface area contributed by atoms with Crippen LogP contribution in [0.4, 0.5) is 0 Å². The number of rotatable bonds is 6. The zero-order valence-electron chi connectivity index (χ0n) is 10.6. The predicted octanol–water partition coefficient (Wildman–Crippen LogP) is 2.36. The van der Waals surface area contributed by atoms with Crippen LogP contribution in [0.25, 0.3) is 10.9 Å². The molecular weight excluding hydrogens is 228 g/mol. The Hall–Kier alpha value is -1.97. The summed E-state index contributed by atoms with van der Waals surface area (Å²) in [6.07, 6.45) is 3.23. The van der Waals surface area contributed by atoms with Gasteiger partial charge in [-0.1, -0.05) is 38.0 Å². The van der Waals surface area contributed by atoms with Crippen LogP contribution in [0.2, 0.25) is 0 Å². The van der Waals surface area contributed by atoms with Gasteiger partial charge in [0.1, 0.15) is 12.3 Å². The van der Waals surface area contributed by atoms with E-state index in [-0.39, 0.29) is 0 Å². The van der Waals surface area contributed by atoms with Crippen LogP contribution in [0, 0.1) is 0 Å². The number of carbonyl (C=O) groups is 1. The molecule has 96 valence electrons. The minimum atomic E-state index is -0.471. The number of amides is 1. The Labute approximate surface area is 106 Å². The highest BCUT2D eigenvalue weighted by molar-refractivity contribution is 5.97. The number of hydrogen-bond donors (Lipinski definition) is 1. The maximum atomic E-state index is 11.4. The molecule has 0 bridgehead atoms. The van der Waals surface area contributed by atoms with E-state index >= 15 is 0 Å². The Kier molecular flexibility index (Phi) is 3.87. The van der Waals surface area contributed by atoms with Crippen molar-refractivity contribution in [3.8, 4) is 0 Å². The molecule has 1 heterocycles. The second kappa shape index (κ2) is 5.58. The highest BCUT2D eigenvalue weighted by atomic mass is 16.7. The van der Waals surface area contributed by atoms with Crippen molar-refractivity contribution >= 4 is 16.8 Å². The van der Waals surface area contributed by atoms with Crippen molar-refractivity contribution < 1.29 is 9.63 Å². The normalized spacial score (nSPS) is 10.7. The van der Waals surface area contributed by atoms with Crippen LogP contribution in [0.5, 0.6) is 0 Å². The third-order valence-corrected chi connectivity index (χ3v) is 2.89. The summed E-state index contributed by atoms with van der Waals surface area (Å²) in [4.78, 5) is 17.1. The summed E-state index contributed by atoms with van der Waals surface area (Å²) in [7, 11) is 0. The summed E-state index contributed by atoms with van der Waals surface area (Å²) >= 11 is 0. The quantitative estimate of drug-likeness (QED) is 0.795.